The lowest BCUT2D eigenvalue weighted by atomic mass is 9.79. The molecule has 0 spiro atoms. The van der Waals surface area contributed by atoms with Crippen LogP contribution in [-0.2, 0) is 11.2 Å². The molecule has 0 amide bonds. The molecule has 0 unspecified atom stereocenters. The van der Waals surface area contributed by atoms with Gasteiger partial charge in [0, 0.05) is 29.9 Å². The van der Waals surface area contributed by atoms with Gasteiger partial charge in [0.2, 0.25) is 0 Å². The average molecular weight is 304 g/mol. The summed E-state index contributed by atoms with van der Waals surface area (Å²) in [5.74, 6) is 2.03. The van der Waals surface area contributed by atoms with Crippen LogP contribution < -0.4 is 4.74 Å². The predicted octanol–water partition coefficient (Wildman–Crippen LogP) is 4.70. The number of allylic oxidation sites excluding steroid dienone is 2. The summed E-state index contributed by atoms with van der Waals surface area (Å²) < 4.78 is 6.07. The maximum atomic E-state index is 12.5. The third-order valence-electron chi connectivity index (χ3n) is 4.93. The zero-order valence-corrected chi connectivity index (χ0v) is 13.6. The number of Topliss-reactive ketones (excluding diaryl/α,β-unsaturated/α-hetero) is 1. The van der Waals surface area contributed by atoms with Crippen molar-refractivity contribution in [3.05, 3.63) is 76.1 Å². The Bertz CT molecular complexity index is 829. The summed E-state index contributed by atoms with van der Waals surface area (Å²) in [6, 6.07) is 14.8. The normalized spacial score (nSPS) is 19.4. The van der Waals surface area contributed by atoms with Crippen molar-refractivity contribution in [2.45, 2.75) is 39.0 Å². The summed E-state index contributed by atoms with van der Waals surface area (Å²) in [5.41, 5.74) is 5.75. The molecule has 2 heteroatoms. The number of fused-ring (bicyclic) bond motifs is 1. The highest BCUT2D eigenvalue weighted by atomic mass is 16.5. The number of carbonyl (C=O) groups excluding carboxylic acids is 1. The zero-order chi connectivity index (χ0) is 16.0. The van der Waals surface area contributed by atoms with E-state index < -0.39 is 0 Å². The van der Waals surface area contributed by atoms with Crippen LogP contribution in [-0.4, -0.2) is 5.78 Å². The van der Waals surface area contributed by atoms with Crippen LogP contribution in [0.15, 0.2) is 53.8 Å². The molecule has 1 heterocycles. The highest BCUT2D eigenvalue weighted by Gasteiger charge is 2.38. The second kappa shape index (κ2) is 5.38. The van der Waals surface area contributed by atoms with Gasteiger partial charge in [-0.1, -0.05) is 48.9 Å². The smallest absolute Gasteiger partial charge is 0.163 e. The quantitative estimate of drug-likeness (QED) is 0.804. The minimum atomic E-state index is 0.0137. The van der Waals surface area contributed by atoms with Crippen LogP contribution in [0.2, 0.25) is 0 Å². The number of hydrogen-bond acceptors (Lipinski definition) is 2. The first kappa shape index (κ1) is 14.3. The Kier molecular flexibility index (Phi) is 3.33. The molecule has 1 aliphatic heterocycles. The highest BCUT2D eigenvalue weighted by molar-refractivity contribution is 6.01. The van der Waals surface area contributed by atoms with Crippen molar-refractivity contribution in [1.29, 1.82) is 0 Å². The van der Waals surface area contributed by atoms with Crippen molar-refractivity contribution in [3.8, 4) is 5.75 Å². The fourth-order valence-corrected chi connectivity index (χ4v) is 3.82. The van der Waals surface area contributed by atoms with Gasteiger partial charge in [-0.25, -0.2) is 0 Å². The summed E-state index contributed by atoms with van der Waals surface area (Å²) in [5, 5.41) is 0. The molecule has 116 valence electrons. The fourth-order valence-electron chi connectivity index (χ4n) is 3.82. The molecule has 0 N–H and O–H groups in total. The minimum absolute atomic E-state index is 0.0137. The van der Waals surface area contributed by atoms with Crippen molar-refractivity contribution in [3.63, 3.8) is 0 Å². The van der Waals surface area contributed by atoms with Gasteiger partial charge in [-0.05, 0) is 30.5 Å². The van der Waals surface area contributed by atoms with Gasteiger partial charge in [-0.2, -0.15) is 0 Å². The molecule has 2 aromatic rings. The van der Waals surface area contributed by atoms with Crippen LogP contribution >= 0.6 is 0 Å². The van der Waals surface area contributed by atoms with E-state index in [2.05, 4.69) is 50.2 Å². The Morgan fingerprint density at radius 1 is 1.09 bits per heavy atom. The largest absolute Gasteiger partial charge is 0.461 e. The Morgan fingerprint density at radius 2 is 1.91 bits per heavy atom. The van der Waals surface area contributed by atoms with Crippen molar-refractivity contribution in [2.24, 2.45) is 0 Å². The lowest BCUT2D eigenvalue weighted by Crippen LogP contribution is -2.19. The van der Waals surface area contributed by atoms with Crippen molar-refractivity contribution in [2.75, 3.05) is 0 Å². The number of hydrogen-bond donors (Lipinski definition) is 0. The van der Waals surface area contributed by atoms with E-state index in [9.17, 15) is 4.79 Å². The fraction of sp³-hybridized carbons (Fsp3) is 0.286. The van der Waals surface area contributed by atoms with Crippen LogP contribution in [0.25, 0.3) is 0 Å². The lowest BCUT2D eigenvalue weighted by molar-refractivity contribution is -0.115. The Balaban J connectivity index is 1.98. The molecule has 2 aliphatic rings. The second-order valence-corrected chi connectivity index (χ2v) is 6.39. The van der Waals surface area contributed by atoms with Gasteiger partial charge < -0.3 is 4.74 Å². The molecule has 23 heavy (non-hydrogen) atoms. The monoisotopic (exact) mass is 304 g/mol. The molecule has 0 bridgehead atoms. The first-order chi connectivity index (χ1) is 11.2. The standard InChI is InChI=1S/C21H20O2/c1-3-14-6-4-5-7-15(14)20-16-12-13(2)8-10-18(16)23-19-11-9-17(22)21(19)20/h4-8,10,12,20H,3,9,11H2,1-2H3/t20-/m1/s1. The van der Waals surface area contributed by atoms with Crippen molar-refractivity contribution in [1.82, 2.24) is 0 Å². The maximum Gasteiger partial charge on any atom is 0.163 e. The molecule has 2 nitrogen and oxygen atoms in total. The number of carbonyl (C=O) groups is 1. The van der Waals surface area contributed by atoms with Gasteiger partial charge in [0.25, 0.3) is 0 Å². The third-order valence-corrected chi connectivity index (χ3v) is 4.93. The summed E-state index contributed by atoms with van der Waals surface area (Å²) in [6.45, 7) is 4.25. The summed E-state index contributed by atoms with van der Waals surface area (Å²) in [7, 11) is 0. The highest BCUT2D eigenvalue weighted by Crippen LogP contribution is 2.48. The van der Waals surface area contributed by atoms with E-state index in [1.807, 2.05) is 6.07 Å². The van der Waals surface area contributed by atoms with E-state index in [4.69, 9.17) is 4.74 Å². The Morgan fingerprint density at radius 3 is 2.74 bits per heavy atom. The molecule has 0 fully saturated rings. The Hall–Kier alpha value is -2.35. The number of aryl methyl sites for hydroxylation is 2. The first-order valence-corrected chi connectivity index (χ1v) is 8.31. The predicted molar refractivity (Wildman–Crippen MR) is 90.7 cm³/mol. The van der Waals surface area contributed by atoms with Crippen LogP contribution in [0.1, 0.15) is 47.9 Å². The van der Waals surface area contributed by atoms with Gasteiger partial charge >= 0.3 is 0 Å². The molecule has 1 aliphatic carbocycles. The van der Waals surface area contributed by atoms with Gasteiger partial charge in [0.05, 0.1) is 0 Å². The van der Waals surface area contributed by atoms with Crippen molar-refractivity contribution >= 4 is 5.78 Å². The third kappa shape index (κ3) is 2.21. The summed E-state index contributed by atoms with van der Waals surface area (Å²) >= 11 is 0. The van der Waals surface area contributed by atoms with Crippen LogP contribution in [0.4, 0.5) is 0 Å². The van der Waals surface area contributed by atoms with Gasteiger partial charge in [0.1, 0.15) is 11.5 Å². The van der Waals surface area contributed by atoms with Crippen LogP contribution in [0.3, 0.4) is 0 Å². The van der Waals surface area contributed by atoms with Crippen LogP contribution in [0, 0.1) is 6.92 Å². The molecule has 0 saturated carbocycles. The molecule has 4 rings (SSSR count). The Labute approximate surface area is 136 Å². The van der Waals surface area contributed by atoms with E-state index in [1.165, 1.54) is 16.7 Å². The number of benzene rings is 2. The van der Waals surface area contributed by atoms with Gasteiger partial charge in [-0.15, -0.1) is 0 Å². The minimum Gasteiger partial charge on any atom is -0.461 e. The summed E-state index contributed by atoms with van der Waals surface area (Å²) in [4.78, 5) is 12.5. The maximum absolute atomic E-state index is 12.5. The number of ketones is 1. The molecular formula is C21H20O2. The first-order valence-electron chi connectivity index (χ1n) is 8.31. The molecular weight excluding hydrogens is 284 g/mol. The SMILES string of the molecule is CCc1ccccc1[C@H]1C2=C(CCC2=O)Oc2ccc(C)cc21. The van der Waals surface area contributed by atoms with E-state index in [-0.39, 0.29) is 11.7 Å². The van der Waals surface area contributed by atoms with E-state index >= 15 is 0 Å². The average Bonchev–Trinajstić information content (AvgIpc) is 2.94. The van der Waals surface area contributed by atoms with E-state index in [0.717, 1.165) is 35.5 Å². The van der Waals surface area contributed by atoms with E-state index in [1.54, 1.807) is 0 Å². The molecule has 0 aromatic heterocycles. The van der Waals surface area contributed by atoms with E-state index in [0.29, 0.717) is 6.42 Å². The summed E-state index contributed by atoms with van der Waals surface area (Å²) in [6.07, 6.45) is 2.26. The van der Waals surface area contributed by atoms with Gasteiger partial charge in [-0.3, -0.25) is 4.79 Å². The van der Waals surface area contributed by atoms with Crippen molar-refractivity contribution < 1.29 is 9.53 Å². The molecule has 1 atom stereocenters. The van der Waals surface area contributed by atoms with Gasteiger partial charge in [0.15, 0.2) is 5.78 Å². The molecule has 2 aromatic carbocycles. The molecule has 0 radical (unpaired) electrons. The number of ether oxygens (including phenoxy) is 1. The second-order valence-electron chi connectivity index (χ2n) is 6.39. The zero-order valence-electron chi connectivity index (χ0n) is 13.6. The van der Waals surface area contributed by atoms with Crippen LogP contribution in [0.5, 0.6) is 5.75 Å². The lowest BCUT2D eigenvalue weighted by Gasteiger charge is -2.29. The number of rotatable bonds is 2. The topological polar surface area (TPSA) is 26.3 Å². The molecule has 0 saturated heterocycles.